The molecule has 0 amide bonds. The Hall–Kier alpha value is -2.66. The van der Waals surface area contributed by atoms with Gasteiger partial charge in [-0.3, -0.25) is 4.79 Å². The van der Waals surface area contributed by atoms with Gasteiger partial charge in [-0.25, -0.2) is 0 Å². The van der Waals surface area contributed by atoms with Crippen LogP contribution in [0.2, 0.25) is 0 Å². The van der Waals surface area contributed by atoms with Crippen LogP contribution in [0.1, 0.15) is 18.1 Å². The largest absolute Gasteiger partial charge is 0.497 e. The highest BCUT2D eigenvalue weighted by molar-refractivity contribution is 7.79. The first-order valence-corrected chi connectivity index (χ1v) is 8.45. The summed E-state index contributed by atoms with van der Waals surface area (Å²) >= 11 is 5.04. The SMILES string of the molecule is COc1ccc(Cn2cc(CC=S)c3c(OC(C)=O)cccc32)cc1. The Kier molecular flexibility index (Phi) is 5.14. The summed E-state index contributed by atoms with van der Waals surface area (Å²) in [4.78, 5) is 11.4. The molecule has 0 atom stereocenters. The van der Waals surface area contributed by atoms with Crippen LogP contribution in [-0.4, -0.2) is 23.0 Å². The third-order valence-electron chi connectivity index (χ3n) is 4.02. The summed E-state index contributed by atoms with van der Waals surface area (Å²) < 4.78 is 12.8. The number of aromatic nitrogens is 1. The van der Waals surface area contributed by atoms with E-state index < -0.39 is 0 Å². The van der Waals surface area contributed by atoms with Crippen LogP contribution in [-0.2, 0) is 17.8 Å². The maximum absolute atomic E-state index is 11.4. The number of carbonyl (C=O) groups is 1. The minimum absolute atomic E-state index is 0.330. The van der Waals surface area contributed by atoms with Crippen molar-refractivity contribution in [3.63, 3.8) is 0 Å². The molecule has 0 bridgehead atoms. The van der Waals surface area contributed by atoms with Crippen molar-refractivity contribution in [2.45, 2.75) is 19.9 Å². The van der Waals surface area contributed by atoms with E-state index in [4.69, 9.17) is 21.7 Å². The van der Waals surface area contributed by atoms with Gasteiger partial charge in [0.15, 0.2) is 0 Å². The van der Waals surface area contributed by atoms with Gasteiger partial charge < -0.3 is 14.0 Å². The van der Waals surface area contributed by atoms with Crippen LogP contribution in [0.25, 0.3) is 10.9 Å². The molecular formula is C20H19NO3S. The fourth-order valence-corrected chi connectivity index (χ4v) is 3.13. The number of thiocarbonyl (C=S) groups is 1. The van der Waals surface area contributed by atoms with E-state index in [2.05, 4.69) is 10.8 Å². The number of hydrogen-bond acceptors (Lipinski definition) is 4. The lowest BCUT2D eigenvalue weighted by atomic mass is 10.1. The zero-order valence-electron chi connectivity index (χ0n) is 14.2. The monoisotopic (exact) mass is 353 g/mol. The molecule has 3 rings (SSSR count). The third kappa shape index (κ3) is 3.72. The van der Waals surface area contributed by atoms with Crippen LogP contribution in [0.4, 0.5) is 0 Å². The average Bonchev–Trinajstić information content (AvgIpc) is 2.94. The highest BCUT2D eigenvalue weighted by Crippen LogP contribution is 2.32. The molecule has 0 fully saturated rings. The topological polar surface area (TPSA) is 40.5 Å². The van der Waals surface area contributed by atoms with Gasteiger partial charge >= 0.3 is 5.97 Å². The molecule has 5 heteroatoms. The van der Waals surface area contributed by atoms with E-state index >= 15 is 0 Å². The van der Waals surface area contributed by atoms with Crippen LogP contribution in [0.5, 0.6) is 11.5 Å². The second kappa shape index (κ2) is 7.49. The van der Waals surface area contributed by atoms with Crippen LogP contribution in [0, 0.1) is 0 Å². The van der Waals surface area contributed by atoms with Gasteiger partial charge in [0.2, 0.25) is 0 Å². The Morgan fingerprint density at radius 1 is 1.20 bits per heavy atom. The number of methoxy groups -OCH3 is 1. The van der Waals surface area contributed by atoms with Gasteiger partial charge in [0.25, 0.3) is 0 Å². The van der Waals surface area contributed by atoms with Crippen LogP contribution >= 0.6 is 12.2 Å². The number of nitrogens with zero attached hydrogens (tertiary/aromatic N) is 1. The fourth-order valence-electron chi connectivity index (χ4n) is 2.95. The van der Waals surface area contributed by atoms with Crippen molar-refractivity contribution in [1.82, 2.24) is 4.57 Å². The molecule has 4 nitrogen and oxygen atoms in total. The smallest absolute Gasteiger partial charge is 0.308 e. The van der Waals surface area contributed by atoms with Crippen LogP contribution < -0.4 is 9.47 Å². The van der Waals surface area contributed by atoms with Gasteiger partial charge in [-0.05, 0) is 40.8 Å². The molecule has 0 aliphatic rings. The highest BCUT2D eigenvalue weighted by atomic mass is 32.1. The molecule has 0 unspecified atom stereocenters. The first-order chi connectivity index (χ1) is 12.1. The maximum atomic E-state index is 11.4. The molecule has 0 spiro atoms. The number of rotatable bonds is 6. The van der Waals surface area contributed by atoms with E-state index in [0.29, 0.717) is 18.7 Å². The third-order valence-corrected chi connectivity index (χ3v) is 4.18. The summed E-state index contributed by atoms with van der Waals surface area (Å²) in [6.45, 7) is 2.12. The summed E-state index contributed by atoms with van der Waals surface area (Å²) in [6, 6.07) is 13.7. The standard InChI is InChI=1S/C20H19NO3S/c1-14(22)24-19-5-3-4-18-20(19)16(10-11-25)13-21(18)12-15-6-8-17(23-2)9-7-15/h3-9,11,13H,10,12H2,1-2H3. The Morgan fingerprint density at radius 2 is 1.96 bits per heavy atom. The maximum Gasteiger partial charge on any atom is 0.308 e. The molecule has 0 aliphatic carbocycles. The van der Waals surface area contributed by atoms with Gasteiger partial charge in [0, 0.05) is 31.5 Å². The molecular weight excluding hydrogens is 334 g/mol. The number of hydrogen-bond donors (Lipinski definition) is 0. The van der Waals surface area contributed by atoms with E-state index in [-0.39, 0.29) is 5.97 Å². The van der Waals surface area contributed by atoms with Crippen molar-refractivity contribution in [2.75, 3.05) is 7.11 Å². The lowest BCUT2D eigenvalue weighted by molar-refractivity contribution is -0.131. The van der Waals surface area contributed by atoms with Crippen molar-refractivity contribution in [3.05, 3.63) is 59.8 Å². The van der Waals surface area contributed by atoms with Crippen molar-refractivity contribution in [3.8, 4) is 11.5 Å². The van der Waals surface area contributed by atoms with Gasteiger partial charge in [-0.2, -0.15) is 0 Å². The van der Waals surface area contributed by atoms with Crippen molar-refractivity contribution >= 4 is 34.5 Å². The molecule has 1 aromatic heterocycles. The zero-order valence-corrected chi connectivity index (χ0v) is 15.0. The van der Waals surface area contributed by atoms with E-state index in [0.717, 1.165) is 27.8 Å². The van der Waals surface area contributed by atoms with Gasteiger partial charge in [-0.1, -0.05) is 30.4 Å². The lowest BCUT2D eigenvalue weighted by Gasteiger charge is -2.08. The normalized spacial score (nSPS) is 10.6. The summed E-state index contributed by atoms with van der Waals surface area (Å²) in [5.41, 5.74) is 3.22. The van der Waals surface area contributed by atoms with E-state index in [9.17, 15) is 4.79 Å². The number of ether oxygens (including phenoxy) is 2. The van der Waals surface area contributed by atoms with Crippen molar-refractivity contribution < 1.29 is 14.3 Å². The molecule has 3 aromatic rings. The number of carbonyl (C=O) groups excluding carboxylic acids is 1. The predicted molar refractivity (Wildman–Crippen MR) is 103 cm³/mol. The number of benzene rings is 2. The van der Waals surface area contributed by atoms with Gasteiger partial charge in [0.1, 0.15) is 11.5 Å². The molecule has 128 valence electrons. The molecule has 25 heavy (non-hydrogen) atoms. The van der Waals surface area contributed by atoms with E-state index in [1.54, 1.807) is 12.5 Å². The molecule has 0 radical (unpaired) electrons. The second-order valence-corrected chi connectivity index (χ2v) is 6.08. The minimum atomic E-state index is -0.330. The first kappa shape index (κ1) is 17.2. The molecule has 0 aliphatic heterocycles. The summed E-state index contributed by atoms with van der Waals surface area (Å²) in [6.07, 6.45) is 2.71. The number of fused-ring (bicyclic) bond motifs is 1. The average molecular weight is 353 g/mol. The minimum Gasteiger partial charge on any atom is -0.497 e. The predicted octanol–water partition coefficient (Wildman–Crippen LogP) is 4.17. The van der Waals surface area contributed by atoms with Crippen molar-refractivity contribution in [2.24, 2.45) is 0 Å². The number of esters is 1. The molecule has 0 saturated heterocycles. The molecule has 2 aromatic carbocycles. The Morgan fingerprint density at radius 3 is 2.60 bits per heavy atom. The van der Waals surface area contributed by atoms with Gasteiger partial charge in [0.05, 0.1) is 12.6 Å². The molecule has 0 saturated carbocycles. The van der Waals surface area contributed by atoms with E-state index in [1.807, 2.05) is 42.5 Å². The Balaban J connectivity index is 2.05. The quantitative estimate of drug-likeness (QED) is 0.379. The highest BCUT2D eigenvalue weighted by Gasteiger charge is 2.14. The Bertz CT molecular complexity index is 913. The lowest BCUT2D eigenvalue weighted by Crippen LogP contribution is -2.02. The van der Waals surface area contributed by atoms with Crippen LogP contribution in [0.15, 0.2) is 48.7 Å². The summed E-state index contributed by atoms with van der Waals surface area (Å²) in [5.74, 6) is 1.08. The summed E-state index contributed by atoms with van der Waals surface area (Å²) in [5, 5.41) is 2.63. The first-order valence-electron chi connectivity index (χ1n) is 7.98. The fraction of sp³-hybridized carbons (Fsp3) is 0.200. The van der Waals surface area contributed by atoms with Crippen molar-refractivity contribution in [1.29, 1.82) is 0 Å². The summed E-state index contributed by atoms with van der Waals surface area (Å²) in [7, 11) is 1.66. The molecule has 1 heterocycles. The van der Waals surface area contributed by atoms with E-state index in [1.165, 1.54) is 6.92 Å². The van der Waals surface area contributed by atoms with Crippen LogP contribution in [0.3, 0.4) is 0 Å². The second-order valence-electron chi connectivity index (χ2n) is 5.75. The molecule has 0 N–H and O–H groups in total. The van der Waals surface area contributed by atoms with Gasteiger partial charge in [-0.15, -0.1) is 0 Å². The zero-order chi connectivity index (χ0) is 17.8. The Labute approximate surface area is 152 Å².